The Morgan fingerprint density at radius 1 is 1.00 bits per heavy atom. The lowest BCUT2D eigenvalue weighted by atomic mass is 9.97. The first-order chi connectivity index (χ1) is 10.3. The summed E-state index contributed by atoms with van der Waals surface area (Å²) in [5.41, 5.74) is 4.37. The minimum absolute atomic E-state index is 0.706. The van der Waals surface area contributed by atoms with Crippen molar-refractivity contribution in [1.29, 1.82) is 0 Å². The number of likely N-dealkylation sites (tertiary alicyclic amines) is 1. The van der Waals surface area contributed by atoms with Crippen LogP contribution in [0, 0.1) is 0 Å². The molecule has 1 nitrogen and oxygen atoms in total. The van der Waals surface area contributed by atoms with Crippen LogP contribution < -0.4 is 0 Å². The molecule has 0 spiro atoms. The van der Waals surface area contributed by atoms with Gasteiger partial charge >= 0.3 is 0 Å². The lowest BCUT2D eigenvalue weighted by Crippen LogP contribution is -2.19. The summed E-state index contributed by atoms with van der Waals surface area (Å²) in [6.07, 6.45) is 3.45. The monoisotopic (exact) mass is 297 g/mol. The van der Waals surface area contributed by atoms with Crippen LogP contribution in [0.2, 0.25) is 0 Å². The molecule has 1 aliphatic rings. The topological polar surface area (TPSA) is 3.24 Å². The second kappa shape index (κ2) is 7.15. The number of hydrogen-bond donors (Lipinski definition) is 0. The average molecular weight is 297 g/mol. The Morgan fingerprint density at radius 2 is 1.76 bits per heavy atom. The van der Waals surface area contributed by atoms with Gasteiger partial charge in [-0.3, -0.25) is 4.90 Å². The van der Waals surface area contributed by atoms with E-state index in [0.29, 0.717) is 5.92 Å². The molecule has 21 heavy (non-hydrogen) atoms. The average Bonchev–Trinajstić information content (AvgIpc) is 2.98. The largest absolute Gasteiger partial charge is 0.298 e. The van der Waals surface area contributed by atoms with Gasteiger partial charge in [-0.2, -0.15) is 11.8 Å². The van der Waals surface area contributed by atoms with Crippen molar-refractivity contribution in [2.45, 2.75) is 24.6 Å². The summed E-state index contributed by atoms with van der Waals surface area (Å²) in [7, 11) is 0. The maximum absolute atomic E-state index is 2.58. The summed E-state index contributed by atoms with van der Waals surface area (Å²) in [4.78, 5) is 2.58. The molecule has 0 radical (unpaired) electrons. The first-order valence-electron chi connectivity index (χ1n) is 7.69. The van der Waals surface area contributed by atoms with E-state index >= 15 is 0 Å². The Kier molecular flexibility index (Phi) is 5.00. The quantitative estimate of drug-likeness (QED) is 0.797. The first kappa shape index (κ1) is 14.7. The summed E-state index contributed by atoms with van der Waals surface area (Å²) < 4.78 is 0. The fraction of sp³-hybridized carbons (Fsp3) is 0.368. The molecule has 1 atom stereocenters. The highest BCUT2D eigenvalue weighted by Crippen LogP contribution is 2.28. The third-order valence-corrected chi connectivity index (χ3v) is 4.91. The summed E-state index contributed by atoms with van der Waals surface area (Å²) in [5.74, 6) is 1.82. The highest BCUT2D eigenvalue weighted by molar-refractivity contribution is 7.97. The van der Waals surface area contributed by atoms with E-state index in [2.05, 4.69) is 65.8 Å². The second-order valence-electron chi connectivity index (χ2n) is 5.88. The molecule has 1 heterocycles. The maximum atomic E-state index is 2.58. The smallest absolute Gasteiger partial charge is 0.0233 e. The zero-order chi connectivity index (χ0) is 14.5. The molecule has 1 fully saturated rings. The molecule has 1 saturated heterocycles. The highest BCUT2D eigenvalue weighted by Gasteiger charge is 2.23. The molecule has 0 aliphatic carbocycles. The third kappa shape index (κ3) is 3.90. The summed E-state index contributed by atoms with van der Waals surface area (Å²) in [5, 5.41) is 0. The van der Waals surface area contributed by atoms with Gasteiger partial charge in [-0.05, 0) is 41.8 Å². The number of rotatable bonds is 5. The molecule has 2 heteroatoms. The van der Waals surface area contributed by atoms with Gasteiger partial charge in [0.05, 0.1) is 0 Å². The minimum Gasteiger partial charge on any atom is -0.298 e. The van der Waals surface area contributed by atoms with Gasteiger partial charge in [0.1, 0.15) is 0 Å². The summed E-state index contributed by atoms with van der Waals surface area (Å²) >= 11 is 1.89. The van der Waals surface area contributed by atoms with Crippen molar-refractivity contribution in [1.82, 2.24) is 4.90 Å². The van der Waals surface area contributed by atoms with Crippen LogP contribution in [0.4, 0.5) is 0 Å². The van der Waals surface area contributed by atoms with Gasteiger partial charge in [-0.25, -0.2) is 0 Å². The van der Waals surface area contributed by atoms with E-state index in [1.165, 1.54) is 36.2 Å². The zero-order valence-electron chi connectivity index (χ0n) is 12.7. The fourth-order valence-electron chi connectivity index (χ4n) is 3.14. The molecule has 2 aromatic carbocycles. The van der Waals surface area contributed by atoms with E-state index in [1.54, 1.807) is 0 Å². The molecule has 0 bridgehead atoms. The van der Waals surface area contributed by atoms with Gasteiger partial charge in [0.15, 0.2) is 0 Å². The van der Waals surface area contributed by atoms with Gasteiger partial charge < -0.3 is 0 Å². The van der Waals surface area contributed by atoms with E-state index in [4.69, 9.17) is 0 Å². The van der Waals surface area contributed by atoms with Crippen LogP contribution in [0.25, 0.3) is 0 Å². The van der Waals surface area contributed by atoms with Crippen LogP contribution >= 0.6 is 11.8 Å². The number of nitrogens with zero attached hydrogens (tertiary/aromatic N) is 1. The molecule has 0 amide bonds. The molecule has 0 aromatic heterocycles. The fourth-order valence-corrected chi connectivity index (χ4v) is 3.67. The first-order valence-corrected chi connectivity index (χ1v) is 9.08. The molecule has 1 aliphatic heterocycles. The van der Waals surface area contributed by atoms with Crippen LogP contribution in [0.3, 0.4) is 0 Å². The Hall–Kier alpha value is -1.25. The number of thioether (sulfide) groups is 1. The summed E-state index contributed by atoms with van der Waals surface area (Å²) in [6.45, 7) is 3.49. The van der Waals surface area contributed by atoms with Crippen molar-refractivity contribution in [3.63, 3.8) is 0 Å². The van der Waals surface area contributed by atoms with Gasteiger partial charge in [-0.1, -0.05) is 54.6 Å². The predicted molar refractivity (Wildman–Crippen MR) is 92.7 cm³/mol. The lowest BCUT2D eigenvalue weighted by molar-refractivity contribution is 0.327. The minimum atomic E-state index is 0.706. The maximum Gasteiger partial charge on any atom is 0.0233 e. The molecule has 110 valence electrons. The molecule has 0 saturated carbocycles. The highest BCUT2D eigenvalue weighted by atomic mass is 32.2. The number of hydrogen-bond acceptors (Lipinski definition) is 2. The molecule has 1 unspecified atom stereocenters. The van der Waals surface area contributed by atoms with E-state index in [1.807, 2.05) is 11.8 Å². The molecular weight excluding hydrogens is 274 g/mol. The predicted octanol–water partition coefficient (Wildman–Crippen LogP) is 4.54. The Bertz CT molecular complexity index is 550. The molecule has 2 aromatic rings. The van der Waals surface area contributed by atoms with Crippen molar-refractivity contribution in [2.24, 2.45) is 0 Å². The van der Waals surface area contributed by atoms with Gasteiger partial charge in [0.25, 0.3) is 0 Å². The van der Waals surface area contributed by atoms with Crippen LogP contribution in [0.1, 0.15) is 29.0 Å². The number of benzene rings is 2. The van der Waals surface area contributed by atoms with E-state index in [-0.39, 0.29) is 0 Å². The summed E-state index contributed by atoms with van der Waals surface area (Å²) in [6, 6.07) is 20.1. The van der Waals surface area contributed by atoms with Gasteiger partial charge in [0, 0.05) is 18.8 Å². The third-order valence-electron chi connectivity index (χ3n) is 4.28. The van der Waals surface area contributed by atoms with E-state index < -0.39 is 0 Å². The van der Waals surface area contributed by atoms with E-state index in [0.717, 1.165) is 12.3 Å². The Balaban J connectivity index is 1.59. The van der Waals surface area contributed by atoms with Crippen LogP contribution in [0.5, 0.6) is 0 Å². The molecule has 3 rings (SSSR count). The van der Waals surface area contributed by atoms with Gasteiger partial charge in [0.2, 0.25) is 0 Å². The zero-order valence-corrected chi connectivity index (χ0v) is 13.5. The molecule has 0 N–H and O–H groups in total. The standard InChI is InChI=1S/C19H23NS/c1-21-15-17-7-9-18(10-8-17)19-11-12-20(14-19)13-16-5-3-2-4-6-16/h2-10,19H,11-15H2,1H3. The van der Waals surface area contributed by atoms with Crippen molar-refractivity contribution < 1.29 is 0 Å². The lowest BCUT2D eigenvalue weighted by Gasteiger charge is -2.16. The van der Waals surface area contributed by atoms with Crippen molar-refractivity contribution in [3.05, 3.63) is 71.3 Å². The van der Waals surface area contributed by atoms with Crippen molar-refractivity contribution >= 4 is 11.8 Å². The van der Waals surface area contributed by atoms with Crippen LogP contribution in [0.15, 0.2) is 54.6 Å². The van der Waals surface area contributed by atoms with Crippen molar-refractivity contribution in [2.75, 3.05) is 19.3 Å². The Labute approximate surface area is 132 Å². The normalized spacial score (nSPS) is 19.0. The van der Waals surface area contributed by atoms with Crippen LogP contribution in [-0.2, 0) is 12.3 Å². The van der Waals surface area contributed by atoms with Crippen molar-refractivity contribution in [3.8, 4) is 0 Å². The van der Waals surface area contributed by atoms with Crippen LogP contribution in [-0.4, -0.2) is 24.2 Å². The Morgan fingerprint density at radius 3 is 2.48 bits per heavy atom. The second-order valence-corrected chi connectivity index (χ2v) is 6.75. The SMILES string of the molecule is CSCc1ccc(C2CCN(Cc3ccccc3)C2)cc1. The van der Waals surface area contributed by atoms with E-state index in [9.17, 15) is 0 Å². The van der Waals surface area contributed by atoms with Gasteiger partial charge in [-0.15, -0.1) is 0 Å². The molecular formula is C19H23NS.